The maximum atomic E-state index is 10.2. The molecular formula is C3H7O6P. The summed E-state index contributed by atoms with van der Waals surface area (Å²) in [4.78, 5) is 26.5. The number of aliphatic hydroxyl groups is 1. The van der Waals surface area contributed by atoms with Gasteiger partial charge >= 0.3 is 13.6 Å². The zero-order chi connectivity index (χ0) is 8.36. The molecule has 6 nitrogen and oxygen atoms in total. The summed E-state index contributed by atoms with van der Waals surface area (Å²) < 4.78 is 13.9. The summed E-state index contributed by atoms with van der Waals surface area (Å²) in [7, 11) is -3.83. The third kappa shape index (κ3) is 2.45. The Bertz CT molecular complexity index is 170. The van der Waals surface area contributed by atoms with Crippen molar-refractivity contribution in [2.24, 2.45) is 0 Å². The molecule has 0 aromatic carbocycles. The largest absolute Gasteiger partial charge is 0.467 e. The highest BCUT2D eigenvalue weighted by atomic mass is 31.2. The van der Waals surface area contributed by atoms with Gasteiger partial charge in [-0.05, 0) is 0 Å². The number of carbonyl (C=O) groups excluding carboxylic acids is 1. The van der Waals surface area contributed by atoms with Gasteiger partial charge in [-0.15, -0.1) is 0 Å². The van der Waals surface area contributed by atoms with Gasteiger partial charge in [0.15, 0.2) is 0 Å². The first-order chi connectivity index (χ1) is 4.39. The summed E-state index contributed by atoms with van der Waals surface area (Å²) in [6.07, 6.45) is 0. The van der Waals surface area contributed by atoms with E-state index in [9.17, 15) is 9.36 Å². The van der Waals surface area contributed by atoms with Gasteiger partial charge in [0.2, 0.25) is 0 Å². The molecule has 0 saturated heterocycles. The first-order valence-electron chi connectivity index (χ1n) is 2.20. The molecule has 0 amide bonds. The van der Waals surface area contributed by atoms with Crippen molar-refractivity contribution in [3.63, 3.8) is 0 Å². The van der Waals surface area contributed by atoms with E-state index in [2.05, 4.69) is 4.74 Å². The zero-order valence-electron chi connectivity index (χ0n) is 5.09. The summed E-state index contributed by atoms with van der Waals surface area (Å²) in [6, 6.07) is 0. The third-order valence-corrected chi connectivity index (χ3v) is 1.58. The van der Waals surface area contributed by atoms with Crippen molar-refractivity contribution in [3.8, 4) is 0 Å². The molecule has 0 bridgehead atoms. The molecule has 0 aliphatic heterocycles. The van der Waals surface area contributed by atoms with Gasteiger partial charge < -0.3 is 19.6 Å². The minimum absolute atomic E-state index is 0.918. The summed E-state index contributed by atoms with van der Waals surface area (Å²) in [5, 5.41) is 8.42. The smallest absolute Gasteiger partial charge is 0.365 e. The highest BCUT2D eigenvalue weighted by Crippen LogP contribution is 2.39. The Morgan fingerprint density at radius 1 is 1.60 bits per heavy atom. The molecule has 0 aromatic heterocycles. The van der Waals surface area contributed by atoms with Crippen molar-refractivity contribution in [2.45, 2.75) is 5.85 Å². The van der Waals surface area contributed by atoms with Gasteiger partial charge in [0.1, 0.15) is 0 Å². The van der Waals surface area contributed by atoms with Crippen molar-refractivity contribution in [1.29, 1.82) is 0 Å². The van der Waals surface area contributed by atoms with E-state index in [4.69, 9.17) is 14.9 Å². The number of hydrogen-bond acceptors (Lipinski definition) is 4. The summed E-state index contributed by atoms with van der Waals surface area (Å²) in [6.45, 7) is 0. The number of hydrogen-bond donors (Lipinski definition) is 3. The lowest BCUT2D eigenvalue weighted by Crippen LogP contribution is -2.21. The Labute approximate surface area is 56.6 Å². The van der Waals surface area contributed by atoms with Crippen LogP contribution in [0.4, 0.5) is 0 Å². The van der Waals surface area contributed by atoms with Crippen LogP contribution in [0.1, 0.15) is 0 Å². The van der Waals surface area contributed by atoms with E-state index in [1.807, 2.05) is 0 Å². The Hall–Kier alpha value is -0.420. The van der Waals surface area contributed by atoms with Gasteiger partial charge in [0, 0.05) is 0 Å². The first kappa shape index (κ1) is 9.58. The molecule has 7 heteroatoms. The first-order valence-corrected chi connectivity index (χ1v) is 3.89. The van der Waals surface area contributed by atoms with E-state index in [1.165, 1.54) is 0 Å². The average Bonchev–Trinajstić information content (AvgIpc) is 1.83. The van der Waals surface area contributed by atoms with Gasteiger partial charge in [0.25, 0.3) is 5.85 Å². The van der Waals surface area contributed by atoms with E-state index < -0.39 is 19.4 Å². The summed E-state index contributed by atoms with van der Waals surface area (Å²) >= 11 is 0. The van der Waals surface area contributed by atoms with Crippen molar-refractivity contribution in [2.75, 3.05) is 7.11 Å². The fraction of sp³-hybridized carbons (Fsp3) is 0.667. The van der Waals surface area contributed by atoms with E-state index in [-0.39, 0.29) is 0 Å². The molecule has 0 saturated carbocycles. The highest BCUT2D eigenvalue weighted by Gasteiger charge is 2.34. The molecule has 0 fully saturated rings. The van der Waals surface area contributed by atoms with Crippen LogP contribution in [-0.2, 0) is 14.1 Å². The van der Waals surface area contributed by atoms with Crippen LogP contribution in [0.25, 0.3) is 0 Å². The fourth-order valence-electron chi connectivity index (χ4n) is 0.243. The van der Waals surface area contributed by atoms with Crippen LogP contribution < -0.4 is 0 Å². The number of carbonyl (C=O) groups is 1. The number of aliphatic hydroxyl groups excluding tert-OH is 1. The number of ether oxygens (including phenoxy) is 1. The number of methoxy groups -OCH3 is 1. The third-order valence-electron chi connectivity index (χ3n) is 0.731. The molecule has 60 valence electrons. The molecule has 3 N–H and O–H groups in total. The molecular weight excluding hydrogens is 163 g/mol. The molecule has 0 radical (unpaired) electrons. The van der Waals surface area contributed by atoms with Crippen LogP contribution in [0.5, 0.6) is 0 Å². The minimum Gasteiger partial charge on any atom is -0.467 e. The van der Waals surface area contributed by atoms with E-state index in [0.717, 1.165) is 7.11 Å². The fourth-order valence-corrected chi connectivity index (χ4v) is 0.623. The maximum Gasteiger partial charge on any atom is 0.365 e. The lowest BCUT2D eigenvalue weighted by Gasteiger charge is -2.08. The summed E-state index contributed by atoms with van der Waals surface area (Å²) in [5.41, 5.74) is 0. The summed E-state index contributed by atoms with van der Waals surface area (Å²) in [5.74, 6) is -3.70. The molecule has 1 unspecified atom stereocenters. The topological polar surface area (TPSA) is 104 Å². The van der Waals surface area contributed by atoms with Crippen molar-refractivity contribution >= 4 is 13.6 Å². The van der Waals surface area contributed by atoms with Crippen LogP contribution in [0, 0.1) is 0 Å². The lowest BCUT2D eigenvalue weighted by atomic mass is 10.7. The standard InChI is InChI=1S/C3H7O6P/c1-9-2(4)3(5)10(6,7)8/h3,5H,1H3,(H2,6,7,8). The molecule has 10 heavy (non-hydrogen) atoms. The predicted octanol–water partition coefficient (Wildman–Crippen LogP) is -1.34. The molecule has 0 spiro atoms. The Kier molecular flexibility index (Phi) is 2.98. The normalized spacial score (nSPS) is 14.4. The van der Waals surface area contributed by atoms with Gasteiger partial charge in [-0.25, -0.2) is 4.79 Å². The van der Waals surface area contributed by atoms with Crippen molar-refractivity contribution in [3.05, 3.63) is 0 Å². The van der Waals surface area contributed by atoms with E-state index in [1.54, 1.807) is 0 Å². The minimum atomic E-state index is -4.75. The van der Waals surface area contributed by atoms with Gasteiger partial charge in [-0.1, -0.05) is 0 Å². The van der Waals surface area contributed by atoms with Crippen molar-refractivity contribution in [1.82, 2.24) is 0 Å². The van der Waals surface area contributed by atoms with Crippen LogP contribution in [-0.4, -0.2) is 33.8 Å². The SMILES string of the molecule is COC(=O)C(O)P(=O)(O)O. The Morgan fingerprint density at radius 3 is 2.10 bits per heavy atom. The van der Waals surface area contributed by atoms with Gasteiger partial charge in [0.05, 0.1) is 7.11 Å². The molecule has 0 aliphatic carbocycles. The van der Waals surface area contributed by atoms with E-state index in [0.29, 0.717) is 0 Å². The van der Waals surface area contributed by atoms with Crippen molar-refractivity contribution < 1.29 is 29.0 Å². The average molecular weight is 170 g/mol. The van der Waals surface area contributed by atoms with Crippen LogP contribution >= 0.6 is 7.60 Å². The maximum absolute atomic E-state index is 10.2. The number of rotatable bonds is 2. The van der Waals surface area contributed by atoms with Gasteiger partial charge in [-0.2, -0.15) is 0 Å². The quantitative estimate of drug-likeness (QED) is 0.349. The van der Waals surface area contributed by atoms with Gasteiger partial charge in [-0.3, -0.25) is 4.57 Å². The second-order valence-electron chi connectivity index (χ2n) is 1.49. The molecule has 0 rings (SSSR count). The zero-order valence-corrected chi connectivity index (χ0v) is 5.99. The van der Waals surface area contributed by atoms with Crippen LogP contribution in [0.3, 0.4) is 0 Å². The second-order valence-corrected chi connectivity index (χ2v) is 3.15. The van der Waals surface area contributed by atoms with Crippen LogP contribution in [0.2, 0.25) is 0 Å². The predicted molar refractivity (Wildman–Crippen MR) is 30.1 cm³/mol. The lowest BCUT2D eigenvalue weighted by molar-refractivity contribution is -0.146. The van der Waals surface area contributed by atoms with E-state index >= 15 is 0 Å². The van der Waals surface area contributed by atoms with Crippen LogP contribution in [0.15, 0.2) is 0 Å². The highest BCUT2D eigenvalue weighted by molar-refractivity contribution is 7.53. The molecule has 1 atom stereocenters. The number of esters is 1. The Balaban J connectivity index is 4.23. The molecule has 0 aromatic rings. The molecule has 0 heterocycles. The second kappa shape index (κ2) is 3.12. The Morgan fingerprint density at radius 2 is 2.00 bits per heavy atom. The molecule has 0 aliphatic rings. The monoisotopic (exact) mass is 170 g/mol.